The summed E-state index contributed by atoms with van der Waals surface area (Å²) in [7, 11) is 2.04. The molecule has 2 aliphatic rings. The predicted octanol–water partition coefficient (Wildman–Crippen LogP) is 3.27. The van der Waals surface area contributed by atoms with Crippen molar-refractivity contribution in [3.8, 4) is 11.3 Å². The molecule has 6 heteroatoms. The molecule has 0 radical (unpaired) electrons. The zero-order chi connectivity index (χ0) is 22.8. The van der Waals surface area contributed by atoms with Gasteiger partial charge in [0.25, 0.3) is 0 Å². The summed E-state index contributed by atoms with van der Waals surface area (Å²) in [5, 5.41) is 1.01. The minimum Gasteiger partial charge on any atom is -0.343 e. The third-order valence-corrected chi connectivity index (χ3v) is 7.08. The SMILES string of the molecule is Cn1c(-c2ccccc2)c(C(=O)CN2CCN(CC(=O)N3CCCC3)CC2)c2ccccc21. The van der Waals surface area contributed by atoms with Gasteiger partial charge in [-0.15, -0.1) is 0 Å². The summed E-state index contributed by atoms with van der Waals surface area (Å²) in [6, 6.07) is 18.3. The van der Waals surface area contributed by atoms with Crippen LogP contribution in [0, 0.1) is 0 Å². The Morgan fingerprint density at radius 2 is 1.36 bits per heavy atom. The molecule has 33 heavy (non-hydrogen) atoms. The van der Waals surface area contributed by atoms with Crippen molar-refractivity contribution in [3.63, 3.8) is 0 Å². The number of Topliss-reactive ketones (excluding diaryl/α,β-unsaturated/α-hetero) is 1. The largest absolute Gasteiger partial charge is 0.343 e. The number of ketones is 1. The third kappa shape index (κ3) is 4.45. The molecule has 1 amide bonds. The van der Waals surface area contributed by atoms with Gasteiger partial charge in [-0.2, -0.15) is 0 Å². The van der Waals surface area contributed by atoms with E-state index in [1.165, 1.54) is 0 Å². The molecule has 3 heterocycles. The number of hydrogen-bond acceptors (Lipinski definition) is 4. The zero-order valence-corrected chi connectivity index (χ0v) is 19.4. The first-order chi connectivity index (χ1) is 16.1. The first-order valence-electron chi connectivity index (χ1n) is 12.0. The Bertz CT molecular complexity index is 1140. The van der Waals surface area contributed by atoms with Gasteiger partial charge in [-0.1, -0.05) is 48.5 Å². The molecule has 0 unspecified atom stereocenters. The molecule has 3 aromatic rings. The minimum absolute atomic E-state index is 0.159. The van der Waals surface area contributed by atoms with Gasteiger partial charge in [0.2, 0.25) is 5.91 Å². The van der Waals surface area contributed by atoms with Gasteiger partial charge in [0.15, 0.2) is 5.78 Å². The van der Waals surface area contributed by atoms with E-state index in [4.69, 9.17) is 0 Å². The highest BCUT2D eigenvalue weighted by Crippen LogP contribution is 2.33. The zero-order valence-electron chi connectivity index (χ0n) is 19.4. The van der Waals surface area contributed by atoms with Gasteiger partial charge in [-0.05, 0) is 24.5 Å². The van der Waals surface area contributed by atoms with Gasteiger partial charge in [-0.25, -0.2) is 0 Å². The molecule has 2 aliphatic heterocycles. The van der Waals surface area contributed by atoms with E-state index in [1.54, 1.807) is 0 Å². The lowest BCUT2D eigenvalue weighted by Gasteiger charge is -2.34. The third-order valence-electron chi connectivity index (χ3n) is 7.08. The van der Waals surface area contributed by atoms with Crippen molar-refractivity contribution in [3.05, 3.63) is 60.2 Å². The summed E-state index contributed by atoms with van der Waals surface area (Å²) in [5.74, 6) is 0.410. The number of carbonyl (C=O) groups is 2. The molecular formula is C27H32N4O2. The van der Waals surface area contributed by atoms with E-state index in [9.17, 15) is 9.59 Å². The summed E-state index contributed by atoms with van der Waals surface area (Å²) < 4.78 is 2.14. The van der Waals surface area contributed by atoms with Crippen LogP contribution in [0.25, 0.3) is 22.2 Å². The summed E-state index contributed by atoms with van der Waals surface area (Å²) in [4.78, 5) is 32.6. The Hall–Kier alpha value is -2.96. The fourth-order valence-corrected chi connectivity index (χ4v) is 5.26. The summed E-state index contributed by atoms with van der Waals surface area (Å²) >= 11 is 0. The van der Waals surface area contributed by atoms with Gasteiger partial charge in [0.1, 0.15) is 0 Å². The number of hydrogen-bond donors (Lipinski definition) is 0. The van der Waals surface area contributed by atoms with Crippen molar-refractivity contribution >= 4 is 22.6 Å². The highest BCUT2D eigenvalue weighted by atomic mass is 16.2. The molecule has 1 aromatic heterocycles. The molecule has 6 nitrogen and oxygen atoms in total. The first kappa shape index (κ1) is 21.9. The standard InChI is InChI=1S/C27H32N4O2/c1-28-23-12-6-5-11-22(23)26(27(28)21-9-3-2-4-10-21)24(32)19-29-15-17-30(18-16-29)20-25(33)31-13-7-8-14-31/h2-6,9-12H,7-8,13-20H2,1H3. The number of para-hydroxylation sites is 1. The number of piperazine rings is 1. The number of nitrogens with zero attached hydrogens (tertiary/aromatic N) is 4. The summed E-state index contributed by atoms with van der Waals surface area (Å²) in [6.45, 7) is 5.99. The molecule has 172 valence electrons. The van der Waals surface area contributed by atoms with Crippen LogP contribution >= 0.6 is 0 Å². The molecule has 2 fully saturated rings. The fourth-order valence-electron chi connectivity index (χ4n) is 5.26. The second-order valence-corrected chi connectivity index (χ2v) is 9.23. The number of aromatic nitrogens is 1. The van der Waals surface area contributed by atoms with Crippen molar-refractivity contribution in [2.24, 2.45) is 7.05 Å². The van der Waals surface area contributed by atoms with Crippen LogP contribution in [0.3, 0.4) is 0 Å². The van der Waals surface area contributed by atoms with Gasteiger partial charge < -0.3 is 9.47 Å². The normalized spacial score (nSPS) is 17.7. The maximum atomic E-state index is 13.6. The number of carbonyl (C=O) groups excluding carboxylic acids is 2. The van der Waals surface area contributed by atoms with Crippen LogP contribution in [0.5, 0.6) is 0 Å². The number of likely N-dealkylation sites (tertiary alicyclic amines) is 1. The van der Waals surface area contributed by atoms with Crippen molar-refractivity contribution in [2.75, 3.05) is 52.4 Å². The molecular weight excluding hydrogens is 412 g/mol. The molecule has 0 spiro atoms. The van der Waals surface area contributed by atoms with E-state index in [2.05, 4.69) is 38.6 Å². The highest BCUT2D eigenvalue weighted by molar-refractivity contribution is 6.14. The van der Waals surface area contributed by atoms with Crippen LogP contribution < -0.4 is 0 Å². The number of rotatable bonds is 6. The van der Waals surface area contributed by atoms with Crippen LogP contribution in [-0.2, 0) is 11.8 Å². The maximum absolute atomic E-state index is 13.6. The number of benzene rings is 2. The molecule has 0 aliphatic carbocycles. The number of fused-ring (bicyclic) bond motifs is 1. The van der Waals surface area contributed by atoms with Gasteiger partial charge in [0.05, 0.1) is 24.3 Å². The van der Waals surface area contributed by atoms with E-state index in [-0.39, 0.29) is 11.7 Å². The molecule has 2 saturated heterocycles. The molecule has 0 saturated carbocycles. The second-order valence-electron chi connectivity index (χ2n) is 9.23. The Morgan fingerprint density at radius 3 is 2.06 bits per heavy atom. The lowest BCUT2D eigenvalue weighted by Crippen LogP contribution is -2.50. The first-order valence-corrected chi connectivity index (χ1v) is 12.0. The molecule has 0 atom stereocenters. The molecule has 0 N–H and O–H groups in total. The van der Waals surface area contributed by atoms with E-state index < -0.39 is 0 Å². The van der Waals surface area contributed by atoms with Crippen molar-refractivity contribution in [1.82, 2.24) is 19.3 Å². The van der Waals surface area contributed by atoms with Crippen LogP contribution in [0.15, 0.2) is 54.6 Å². The Labute approximate surface area is 195 Å². The lowest BCUT2D eigenvalue weighted by molar-refractivity contribution is -0.131. The average molecular weight is 445 g/mol. The Balaban J connectivity index is 1.30. The average Bonchev–Trinajstić information content (AvgIpc) is 3.48. The van der Waals surface area contributed by atoms with Crippen LogP contribution in [-0.4, -0.2) is 83.3 Å². The second kappa shape index (κ2) is 9.49. The Kier molecular flexibility index (Phi) is 6.29. The van der Waals surface area contributed by atoms with Crippen LogP contribution in [0.4, 0.5) is 0 Å². The van der Waals surface area contributed by atoms with Crippen molar-refractivity contribution in [1.29, 1.82) is 0 Å². The smallest absolute Gasteiger partial charge is 0.236 e. The topological polar surface area (TPSA) is 48.8 Å². The summed E-state index contributed by atoms with van der Waals surface area (Å²) in [6.07, 6.45) is 2.25. The van der Waals surface area contributed by atoms with E-state index in [0.29, 0.717) is 13.1 Å². The van der Waals surface area contributed by atoms with Crippen molar-refractivity contribution < 1.29 is 9.59 Å². The van der Waals surface area contributed by atoms with Gasteiger partial charge in [0, 0.05) is 57.2 Å². The monoisotopic (exact) mass is 444 g/mol. The predicted molar refractivity (Wildman–Crippen MR) is 131 cm³/mol. The maximum Gasteiger partial charge on any atom is 0.236 e. The highest BCUT2D eigenvalue weighted by Gasteiger charge is 2.27. The van der Waals surface area contributed by atoms with Crippen molar-refractivity contribution in [2.45, 2.75) is 12.8 Å². The van der Waals surface area contributed by atoms with Gasteiger partial charge >= 0.3 is 0 Å². The van der Waals surface area contributed by atoms with E-state index in [1.807, 2.05) is 42.3 Å². The van der Waals surface area contributed by atoms with Gasteiger partial charge in [-0.3, -0.25) is 19.4 Å². The lowest BCUT2D eigenvalue weighted by atomic mass is 10.0. The molecule has 0 bridgehead atoms. The van der Waals surface area contributed by atoms with Crippen LogP contribution in [0.1, 0.15) is 23.2 Å². The van der Waals surface area contributed by atoms with Crippen LogP contribution in [0.2, 0.25) is 0 Å². The summed E-state index contributed by atoms with van der Waals surface area (Å²) in [5.41, 5.74) is 3.93. The number of amides is 1. The van der Waals surface area contributed by atoms with E-state index >= 15 is 0 Å². The molecule has 5 rings (SSSR count). The quantitative estimate of drug-likeness (QED) is 0.548. The Morgan fingerprint density at radius 1 is 0.758 bits per heavy atom. The number of aryl methyl sites for hydroxylation is 1. The minimum atomic E-state index is 0.159. The molecule has 2 aromatic carbocycles. The fraction of sp³-hybridized carbons (Fsp3) is 0.407. The van der Waals surface area contributed by atoms with E-state index in [0.717, 1.165) is 79.8 Å².